The predicted molar refractivity (Wildman–Crippen MR) is 110 cm³/mol. The summed E-state index contributed by atoms with van der Waals surface area (Å²) in [6.45, 7) is 0.450. The van der Waals surface area contributed by atoms with Crippen molar-refractivity contribution in [2.75, 3.05) is 19.8 Å². The lowest BCUT2D eigenvalue weighted by Gasteiger charge is -2.23. The standard InChI is InChI=1S/C23H26O8/c24-18(14-29-19-7-5-16(6-8-19)12-21(25)26)15-30-20-4-1-3-17(11-20)13-23(22(27)28)9-2-10-31-23/h1,3-8,11,18,24H,2,9-10,12-15H2,(H,25,26)(H,27,28)/t18-,23?/m0/s1. The Bertz CT molecular complexity index is 887. The zero-order chi connectivity index (χ0) is 22.3. The van der Waals surface area contributed by atoms with Gasteiger partial charge in [0.05, 0.1) is 6.42 Å². The molecule has 0 aliphatic carbocycles. The second-order valence-corrected chi connectivity index (χ2v) is 7.57. The van der Waals surface area contributed by atoms with Gasteiger partial charge in [-0.15, -0.1) is 0 Å². The molecule has 1 unspecified atom stereocenters. The zero-order valence-corrected chi connectivity index (χ0v) is 17.0. The molecule has 3 rings (SSSR count). The van der Waals surface area contributed by atoms with Crippen LogP contribution in [-0.2, 0) is 27.2 Å². The lowest BCUT2D eigenvalue weighted by molar-refractivity contribution is -0.159. The third kappa shape index (κ3) is 6.44. The van der Waals surface area contributed by atoms with E-state index in [-0.39, 0.29) is 26.1 Å². The number of carboxylic acids is 2. The number of rotatable bonds is 11. The average Bonchev–Trinajstić information content (AvgIpc) is 3.21. The molecular formula is C23H26O8. The Morgan fingerprint density at radius 3 is 2.32 bits per heavy atom. The van der Waals surface area contributed by atoms with Crippen molar-refractivity contribution in [3.63, 3.8) is 0 Å². The van der Waals surface area contributed by atoms with Crippen LogP contribution in [0.1, 0.15) is 24.0 Å². The Hall–Kier alpha value is -3.10. The van der Waals surface area contributed by atoms with Crippen LogP contribution in [0, 0.1) is 0 Å². The highest BCUT2D eigenvalue weighted by Gasteiger charge is 2.42. The van der Waals surface area contributed by atoms with Gasteiger partial charge in [-0.1, -0.05) is 24.3 Å². The molecule has 0 saturated carbocycles. The van der Waals surface area contributed by atoms with Gasteiger partial charge in [0, 0.05) is 13.0 Å². The molecule has 2 atom stereocenters. The Kier molecular flexibility index (Phi) is 7.49. The van der Waals surface area contributed by atoms with Crippen LogP contribution in [0.25, 0.3) is 0 Å². The maximum atomic E-state index is 11.7. The summed E-state index contributed by atoms with van der Waals surface area (Å²) in [6, 6.07) is 13.7. The third-order valence-electron chi connectivity index (χ3n) is 5.04. The van der Waals surface area contributed by atoms with Crippen LogP contribution in [0.15, 0.2) is 48.5 Å². The van der Waals surface area contributed by atoms with E-state index >= 15 is 0 Å². The van der Waals surface area contributed by atoms with Gasteiger partial charge in [-0.05, 0) is 48.2 Å². The van der Waals surface area contributed by atoms with Crippen molar-refractivity contribution in [1.29, 1.82) is 0 Å². The maximum absolute atomic E-state index is 11.7. The lowest BCUT2D eigenvalue weighted by atomic mass is 9.91. The van der Waals surface area contributed by atoms with Crippen molar-refractivity contribution in [3.8, 4) is 11.5 Å². The number of carbonyl (C=O) groups is 2. The molecule has 0 radical (unpaired) electrons. The van der Waals surface area contributed by atoms with Gasteiger partial charge >= 0.3 is 11.9 Å². The number of aliphatic hydroxyl groups excluding tert-OH is 1. The van der Waals surface area contributed by atoms with Crippen LogP contribution in [0.4, 0.5) is 0 Å². The SMILES string of the molecule is O=C(O)Cc1ccc(OC[C@H](O)COc2cccc(CC3(C(=O)O)CCCO3)c2)cc1. The summed E-state index contributed by atoms with van der Waals surface area (Å²) in [5, 5.41) is 28.5. The Morgan fingerprint density at radius 1 is 1.00 bits per heavy atom. The molecule has 2 aromatic rings. The first-order valence-electron chi connectivity index (χ1n) is 10.1. The highest BCUT2D eigenvalue weighted by molar-refractivity contribution is 5.78. The molecule has 8 heteroatoms. The number of carboxylic acid groups (broad SMARTS) is 2. The van der Waals surface area contributed by atoms with E-state index in [0.717, 1.165) is 12.0 Å². The molecule has 1 heterocycles. The summed E-state index contributed by atoms with van der Waals surface area (Å²) in [5.74, 6) is -0.821. The first-order chi connectivity index (χ1) is 14.9. The average molecular weight is 430 g/mol. The summed E-state index contributed by atoms with van der Waals surface area (Å²) in [5.41, 5.74) is 0.261. The van der Waals surface area contributed by atoms with Crippen LogP contribution in [0.2, 0.25) is 0 Å². The van der Waals surface area contributed by atoms with Crippen molar-refractivity contribution in [2.45, 2.75) is 37.4 Å². The van der Waals surface area contributed by atoms with Gasteiger partial charge in [-0.3, -0.25) is 4.79 Å². The molecule has 1 aliphatic rings. The van der Waals surface area contributed by atoms with E-state index < -0.39 is 23.6 Å². The summed E-state index contributed by atoms with van der Waals surface area (Å²) < 4.78 is 16.7. The van der Waals surface area contributed by atoms with Crippen molar-refractivity contribution in [1.82, 2.24) is 0 Å². The smallest absolute Gasteiger partial charge is 0.336 e. The first kappa shape index (κ1) is 22.6. The van der Waals surface area contributed by atoms with Crippen molar-refractivity contribution in [3.05, 3.63) is 59.7 Å². The molecule has 166 valence electrons. The molecule has 31 heavy (non-hydrogen) atoms. The van der Waals surface area contributed by atoms with Crippen molar-refractivity contribution >= 4 is 11.9 Å². The summed E-state index contributed by atoms with van der Waals surface area (Å²) in [4.78, 5) is 22.4. The first-order valence-corrected chi connectivity index (χ1v) is 10.1. The van der Waals surface area contributed by atoms with Gasteiger partial charge in [-0.2, -0.15) is 0 Å². The molecule has 2 aromatic carbocycles. The Labute approximate surface area is 180 Å². The number of aliphatic hydroxyl groups is 1. The molecule has 1 fully saturated rings. The predicted octanol–water partition coefficient (Wildman–Crippen LogP) is 2.31. The zero-order valence-electron chi connectivity index (χ0n) is 17.0. The number of aliphatic carboxylic acids is 2. The molecule has 1 aliphatic heterocycles. The number of hydrogen-bond donors (Lipinski definition) is 3. The van der Waals surface area contributed by atoms with Crippen LogP contribution in [-0.4, -0.2) is 58.8 Å². The number of benzene rings is 2. The minimum Gasteiger partial charge on any atom is -0.491 e. The van der Waals surface area contributed by atoms with E-state index in [0.29, 0.717) is 30.1 Å². The molecule has 3 N–H and O–H groups in total. The molecule has 1 saturated heterocycles. The fourth-order valence-corrected chi connectivity index (χ4v) is 3.47. The van der Waals surface area contributed by atoms with Crippen molar-refractivity contribution < 1.29 is 39.1 Å². The second-order valence-electron chi connectivity index (χ2n) is 7.57. The van der Waals surface area contributed by atoms with Gasteiger partial charge in [0.2, 0.25) is 0 Å². The topological polar surface area (TPSA) is 123 Å². The van der Waals surface area contributed by atoms with E-state index in [9.17, 15) is 19.8 Å². The molecular weight excluding hydrogens is 404 g/mol. The summed E-state index contributed by atoms with van der Waals surface area (Å²) in [7, 11) is 0. The maximum Gasteiger partial charge on any atom is 0.336 e. The van der Waals surface area contributed by atoms with Gasteiger partial charge in [-0.25, -0.2) is 4.79 Å². The van der Waals surface area contributed by atoms with E-state index in [4.69, 9.17) is 19.3 Å². The van der Waals surface area contributed by atoms with Crippen LogP contribution >= 0.6 is 0 Å². The van der Waals surface area contributed by atoms with E-state index in [2.05, 4.69) is 0 Å². The van der Waals surface area contributed by atoms with Gasteiger partial charge < -0.3 is 29.5 Å². The van der Waals surface area contributed by atoms with Crippen LogP contribution < -0.4 is 9.47 Å². The van der Waals surface area contributed by atoms with E-state index in [1.165, 1.54) is 0 Å². The van der Waals surface area contributed by atoms with Crippen molar-refractivity contribution in [2.24, 2.45) is 0 Å². The lowest BCUT2D eigenvalue weighted by Crippen LogP contribution is -2.40. The van der Waals surface area contributed by atoms with E-state index in [1.54, 1.807) is 42.5 Å². The molecule has 8 nitrogen and oxygen atoms in total. The minimum atomic E-state index is -1.19. The van der Waals surface area contributed by atoms with Gasteiger partial charge in [0.15, 0.2) is 5.60 Å². The summed E-state index contributed by atoms with van der Waals surface area (Å²) in [6.07, 6.45) is 0.502. The molecule has 0 bridgehead atoms. The second kappa shape index (κ2) is 10.3. The van der Waals surface area contributed by atoms with Gasteiger partial charge in [0.1, 0.15) is 30.8 Å². The largest absolute Gasteiger partial charge is 0.491 e. The quantitative estimate of drug-likeness (QED) is 0.496. The fraction of sp³-hybridized carbons (Fsp3) is 0.391. The van der Waals surface area contributed by atoms with Gasteiger partial charge in [0.25, 0.3) is 0 Å². The number of hydrogen-bond acceptors (Lipinski definition) is 6. The third-order valence-corrected chi connectivity index (χ3v) is 5.04. The minimum absolute atomic E-state index is 0.00112. The molecule has 0 aromatic heterocycles. The van der Waals surface area contributed by atoms with Crippen LogP contribution in [0.5, 0.6) is 11.5 Å². The Morgan fingerprint density at radius 2 is 1.71 bits per heavy atom. The highest BCUT2D eigenvalue weighted by Crippen LogP contribution is 2.31. The van der Waals surface area contributed by atoms with E-state index in [1.807, 2.05) is 6.07 Å². The molecule has 0 amide bonds. The fourth-order valence-electron chi connectivity index (χ4n) is 3.47. The normalized spacial score (nSPS) is 19.0. The Balaban J connectivity index is 1.48. The monoisotopic (exact) mass is 430 g/mol. The highest BCUT2D eigenvalue weighted by atomic mass is 16.5. The van der Waals surface area contributed by atoms with Crippen LogP contribution in [0.3, 0.4) is 0 Å². The summed E-state index contributed by atoms with van der Waals surface area (Å²) >= 11 is 0. The molecule has 0 spiro atoms. The number of ether oxygens (including phenoxy) is 3.